The molecule has 15 heavy (non-hydrogen) atoms. The number of likely N-dealkylation sites (N-methyl/N-ethyl adjacent to an activating group) is 1. The second-order valence-corrected chi connectivity index (χ2v) is 4.86. The summed E-state index contributed by atoms with van der Waals surface area (Å²) in [6, 6.07) is 2.77. The highest BCUT2D eigenvalue weighted by Gasteiger charge is 2.17. The molecule has 1 aromatic rings. The predicted octanol–water partition coefficient (Wildman–Crippen LogP) is 2.18. The number of nitrogens with two attached hydrogens (primary N) is 1. The molecular weight excluding hydrogens is 254 g/mol. The van der Waals surface area contributed by atoms with Gasteiger partial charge in [-0.3, -0.25) is 9.88 Å². The Labute approximate surface area is 99.8 Å². The molecule has 2 N–H and O–H groups in total. The lowest BCUT2D eigenvalue weighted by Gasteiger charge is -2.30. The zero-order valence-electron chi connectivity index (χ0n) is 9.44. The van der Waals surface area contributed by atoms with Crippen molar-refractivity contribution in [1.29, 1.82) is 0 Å². The van der Waals surface area contributed by atoms with Crippen molar-refractivity contribution < 1.29 is 0 Å². The van der Waals surface area contributed by atoms with Crippen LogP contribution in [0.5, 0.6) is 0 Å². The van der Waals surface area contributed by atoms with Crippen molar-refractivity contribution in [3.8, 4) is 0 Å². The van der Waals surface area contributed by atoms with Crippen molar-refractivity contribution in [3.63, 3.8) is 0 Å². The predicted molar refractivity (Wildman–Crippen MR) is 66.6 cm³/mol. The van der Waals surface area contributed by atoms with E-state index in [1.165, 1.54) is 0 Å². The fourth-order valence-electron chi connectivity index (χ4n) is 1.51. The zero-order valence-corrected chi connectivity index (χ0v) is 11.0. The average molecular weight is 272 g/mol. The Morgan fingerprint density at radius 1 is 1.47 bits per heavy atom. The van der Waals surface area contributed by atoms with Crippen molar-refractivity contribution in [3.05, 3.63) is 28.5 Å². The van der Waals surface area contributed by atoms with Crippen LogP contribution >= 0.6 is 15.9 Å². The SMILES string of the molecule is CC(C)N(C)C(CN)c1cncc(Br)c1. The minimum Gasteiger partial charge on any atom is -0.329 e. The molecule has 0 spiro atoms. The van der Waals surface area contributed by atoms with Crippen LogP contribution in [0.25, 0.3) is 0 Å². The van der Waals surface area contributed by atoms with Crippen LogP contribution in [-0.4, -0.2) is 29.5 Å². The summed E-state index contributed by atoms with van der Waals surface area (Å²) < 4.78 is 0.996. The molecule has 0 bridgehead atoms. The molecule has 0 saturated carbocycles. The van der Waals surface area contributed by atoms with Crippen molar-refractivity contribution >= 4 is 15.9 Å². The molecule has 1 aromatic heterocycles. The second kappa shape index (κ2) is 5.58. The van der Waals surface area contributed by atoms with Crippen LogP contribution in [-0.2, 0) is 0 Å². The molecule has 0 aromatic carbocycles. The van der Waals surface area contributed by atoms with E-state index < -0.39 is 0 Å². The maximum Gasteiger partial charge on any atom is 0.0485 e. The highest BCUT2D eigenvalue weighted by Crippen LogP contribution is 2.22. The third-order valence-electron chi connectivity index (χ3n) is 2.64. The Morgan fingerprint density at radius 3 is 2.60 bits per heavy atom. The van der Waals surface area contributed by atoms with Gasteiger partial charge in [-0.05, 0) is 48.5 Å². The standard InChI is InChI=1S/C11H18BrN3/c1-8(2)15(3)11(5-13)9-4-10(12)7-14-6-9/h4,6-8,11H,5,13H2,1-3H3. The zero-order chi connectivity index (χ0) is 11.4. The molecule has 84 valence electrons. The Bertz CT molecular complexity index is 314. The van der Waals surface area contributed by atoms with Gasteiger partial charge < -0.3 is 5.73 Å². The third-order valence-corrected chi connectivity index (χ3v) is 3.07. The fraction of sp³-hybridized carbons (Fsp3) is 0.545. The summed E-state index contributed by atoms with van der Waals surface area (Å²) in [5.74, 6) is 0. The van der Waals surface area contributed by atoms with Gasteiger partial charge in [-0.2, -0.15) is 0 Å². The number of hydrogen-bond donors (Lipinski definition) is 1. The normalized spacial score (nSPS) is 13.5. The van der Waals surface area contributed by atoms with Crippen LogP contribution in [0.4, 0.5) is 0 Å². The third kappa shape index (κ3) is 3.26. The lowest BCUT2D eigenvalue weighted by atomic mass is 10.1. The summed E-state index contributed by atoms with van der Waals surface area (Å²) in [5, 5.41) is 0. The van der Waals surface area contributed by atoms with Crippen LogP contribution in [0.1, 0.15) is 25.5 Å². The number of hydrogen-bond acceptors (Lipinski definition) is 3. The molecule has 1 rings (SSSR count). The highest BCUT2D eigenvalue weighted by atomic mass is 79.9. The van der Waals surface area contributed by atoms with Crippen molar-refractivity contribution in [1.82, 2.24) is 9.88 Å². The number of rotatable bonds is 4. The number of nitrogens with zero attached hydrogens (tertiary/aromatic N) is 2. The van der Waals surface area contributed by atoms with Gasteiger partial charge in [0, 0.05) is 35.5 Å². The molecule has 0 saturated heterocycles. The van der Waals surface area contributed by atoms with E-state index in [0.717, 1.165) is 10.0 Å². The van der Waals surface area contributed by atoms with E-state index >= 15 is 0 Å². The Morgan fingerprint density at radius 2 is 2.13 bits per heavy atom. The van der Waals surface area contributed by atoms with Crippen LogP contribution in [0, 0.1) is 0 Å². The number of halogens is 1. The molecule has 1 unspecified atom stereocenters. The minimum atomic E-state index is 0.231. The van der Waals surface area contributed by atoms with Gasteiger partial charge >= 0.3 is 0 Å². The topological polar surface area (TPSA) is 42.1 Å². The van der Waals surface area contributed by atoms with E-state index in [1.54, 1.807) is 6.20 Å². The maximum atomic E-state index is 5.81. The second-order valence-electron chi connectivity index (χ2n) is 3.95. The molecule has 0 aliphatic heterocycles. The first-order valence-electron chi connectivity index (χ1n) is 5.08. The summed E-state index contributed by atoms with van der Waals surface area (Å²) in [6.45, 7) is 4.93. The van der Waals surface area contributed by atoms with Crippen molar-refractivity contribution in [2.24, 2.45) is 5.73 Å². The van der Waals surface area contributed by atoms with E-state index in [-0.39, 0.29) is 6.04 Å². The summed E-state index contributed by atoms with van der Waals surface area (Å²) in [7, 11) is 2.09. The molecule has 0 radical (unpaired) electrons. The molecule has 1 heterocycles. The first-order valence-corrected chi connectivity index (χ1v) is 5.88. The van der Waals surface area contributed by atoms with Gasteiger partial charge in [-0.15, -0.1) is 0 Å². The van der Waals surface area contributed by atoms with Gasteiger partial charge in [0.15, 0.2) is 0 Å². The molecule has 0 aliphatic rings. The van der Waals surface area contributed by atoms with Crippen LogP contribution in [0.2, 0.25) is 0 Å². The molecular formula is C11H18BrN3. The first-order chi connectivity index (χ1) is 7.06. The Hall–Kier alpha value is -0.450. The van der Waals surface area contributed by atoms with Gasteiger partial charge in [0.25, 0.3) is 0 Å². The van der Waals surface area contributed by atoms with Gasteiger partial charge in [-0.1, -0.05) is 0 Å². The molecule has 3 nitrogen and oxygen atoms in total. The van der Waals surface area contributed by atoms with E-state index in [1.807, 2.05) is 6.20 Å². The largest absolute Gasteiger partial charge is 0.329 e. The monoisotopic (exact) mass is 271 g/mol. The van der Waals surface area contributed by atoms with Gasteiger partial charge in [0.1, 0.15) is 0 Å². The van der Waals surface area contributed by atoms with Crippen molar-refractivity contribution in [2.75, 3.05) is 13.6 Å². The maximum absolute atomic E-state index is 5.81. The fourth-order valence-corrected chi connectivity index (χ4v) is 1.89. The number of aromatic nitrogens is 1. The highest BCUT2D eigenvalue weighted by molar-refractivity contribution is 9.10. The molecule has 0 amide bonds. The summed E-state index contributed by atoms with van der Waals surface area (Å²) in [5.41, 5.74) is 6.96. The first kappa shape index (κ1) is 12.6. The van der Waals surface area contributed by atoms with Crippen LogP contribution in [0.15, 0.2) is 22.9 Å². The lowest BCUT2D eigenvalue weighted by Crippen LogP contribution is -2.35. The molecule has 1 atom stereocenters. The Kier molecular flexibility index (Phi) is 4.70. The quantitative estimate of drug-likeness (QED) is 0.913. The smallest absolute Gasteiger partial charge is 0.0485 e. The average Bonchev–Trinajstić information content (AvgIpc) is 2.18. The van der Waals surface area contributed by atoms with Gasteiger partial charge in [0.2, 0.25) is 0 Å². The van der Waals surface area contributed by atoms with Gasteiger partial charge in [-0.25, -0.2) is 0 Å². The number of pyridine rings is 1. The minimum absolute atomic E-state index is 0.231. The van der Waals surface area contributed by atoms with Crippen molar-refractivity contribution in [2.45, 2.75) is 25.9 Å². The Balaban J connectivity index is 2.92. The molecule has 0 fully saturated rings. The summed E-state index contributed by atoms with van der Waals surface area (Å²) in [4.78, 5) is 6.42. The molecule has 4 heteroatoms. The molecule has 0 aliphatic carbocycles. The van der Waals surface area contributed by atoms with Gasteiger partial charge in [0.05, 0.1) is 0 Å². The lowest BCUT2D eigenvalue weighted by molar-refractivity contribution is 0.201. The van der Waals surface area contributed by atoms with E-state index in [2.05, 4.69) is 52.8 Å². The summed E-state index contributed by atoms with van der Waals surface area (Å²) in [6.07, 6.45) is 3.66. The summed E-state index contributed by atoms with van der Waals surface area (Å²) >= 11 is 3.42. The van der Waals surface area contributed by atoms with Crippen LogP contribution < -0.4 is 5.73 Å². The van der Waals surface area contributed by atoms with E-state index in [4.69, 9.17) is 5.73 Å². The van der Waals surface area contributed by atoms with E-state index in [9.17, 15) is 0 Å². The van der Waals surface area contributed by atoms with Crippen LogP contribution in [0.3, 0.4) is 0 Å². The van der Waals surface area contributed by atoms with E-state index in [0.29, 0.717) is 12.6 Å².